The van der Waals surface area contributed by atoms with Gasteiger partial charge in [0.15, 0.2) is 0 Å². The highest BCUT2D eigenvalue weighted by atomic mass is 32.1. The molecule has 2 fully saturated rings. The minimum atomic E-state index is -0.796. The van der Waals surface area contributed by atoms with Crippen molar-refractivity contribution in [1.29, 1.82) is 10.5 Å². The molecule has 1 saturated heterocycles. The Labute approximate surface area is 141 Å². The summed E-state index contributed by atoms with van der Waals surface area (Å²) in [6, 6.07) is 14.7. The average molecular weight is 323 g/mol. The molecular formula is C18H17N3OS. The summed E-state index contributed by atoms with van der Waals surface area (Å²) >= 11 is 5.22. The van der Waals surface area contributed by atoms with Gasteiger partial charge in [-0.25, -0.2) is 0 Å². The van der Waals surface area contributed by atoms with Crippen LogP contribution in [0.3, 0.4) is 0 Å². The number of carbonyl (C=O) groups excluding carboxylic acids is 1. The third-order valence-electron chi connectivity index (χ3n) is 5.37. The molecule has 0 radical (unpaired) electrons. The highest BCUT2D eigenvalue weighted by Gasteiger charge is 2.55. The number of nitrogens with one attached hydrogen (secondary N) is 1. The number of amides is 1. The predicted molar refractivity (Wildman–Crippen MR) is 89.0 cm³/mol. The third-order valence-corrected chi connectivity index (χ3v) is 5.70. The van der Waals surface area contributed by atoms with Gasteiger partial charge in [0.25, 0.3) is 0 Å². The molecule has 1 heterocycles. The van der Waals surface area contributed by atoms with Gasteiger partial charge in [-0.05, 0) is 37.2 Å². The molecule has 1 aromatic carbocycles. The normalized spacial score (nSPS) is 33.6. The zero-order valence-electron chi connectivity index (χ0n) is 12.7. The molecule has 1 aliphatic carbocycles. The van der Waals surface area contributed by atoms with Crippen LogP contribution in [0.5, 0.6) is 0 Å². The molecule has 2 atom stereocenters. The molecule has 1 aliphatic heterocycles. The van der Waals surface area contributed by atoms with Gasteiger partial charge in [-0.15, -0.1) is 0 Å². The lowest BCUT2D eigenvalue weighted by Crippen LogP contribution is -2.57. The summed E-state index contributed by atoms with van der Waals surface area (Å²) in [6.07, 6.45) is 3.10. The van der Waals surface area contributed by atoms with Crippen molar-refractivity contribution >= 4 is 23.1 Å². The Hall–Kier alpha value is -2.24. The summed E-state index contributed by atoms with van der Waals surface area (Å²) in [7, 11) is 0. The maximum absolute atomic E-state index is 12.2. The average Bonchev–Trinajstić information content (AvgIpc) is 2.57. The molecule has 23 heavy (non-hydrogen) atoms. The SMILES string of the molecule is N#C[C@H]1C(=O)NC(=S)[C@H](C#N)C12CCC(c1ccccc1)CC2. The van der Waals surface area contributed by atoms with Crippen LogP contribution in [-0.4, -0.2) is 10.9 Å². The molecular weight excluding hydrogens is 306 g/mol. The molecule has 1 spiro atoms. The van der Waals surface area contributed by atoms with Crippen molar-refractivity contribution in [1.82, 2.24) is 5.32 Å². The standard InChI is InChI=1S/C18H17N3OS/c19-10-14-16(22)21-17(23)15(11-20)18(14)8-6-13(7-9-18)12-4-2-1-3-5-12/h1-5,13-15H,6-9H2,(H,21,22,23)/t13?,14-,15-,18?/m0/s1. The number of nitrogens with zero attached hydrogens (tertiary/aromatic N) is 2. The molecule has 0 aromatic heterocycles. The minimum absolute atomic E-state index is 0.280. The number of piperidine rings is 1. The van der Waals surface area contributed by atoms with Crippen LogP contribution >= 0.6 is 12.2 Å². The van der Waals surface area contributed by atoms with Crippen LogP contribution in [0.2, 0.25) is 0 Å². The lowest BCUT2D eigenvalue weighted by Gasteiger charge is -2.47. The summed E-state index contributed by atoms with van der Waals surface area (Å²) in [4.78, 5) is 12.5. The van der Waals surface area contributed by atoms with Gasteiger partial charge in [-0.3, -0.25) is 4.79 Å². The van der Waals surface area contributed by atoms with Gasteiger partial charge < -0.3 is 5.32 Å². The van der Waals surface area contributed by atoms with E-state index in [9.17, 15) is 15.3 Å². The molecule has 1 N–H and O–H groups in total. The summed E-state index contributed by atoms with van der Waals surface area (Å²) < 4.78 is 0. The Balaban J connectivity index is 1.89. The van der Waals surface area contributed by atoms with Crippen molar-refractivity contribution in [3.63, 3.8) is 0 Å². The number of carbonyl (C=O) groups is 1. The molecule has 1 saturated carbocycles. The number of hydrogen-bond acceptors (Lipinski definition) is 4. The molecule has 5 heteroatoms. The Morgan fingerprint density at radius 3 is 2.26 bits per heavy atom. The largest absolute Gasteiger partial charge is 0.318 e. The zero-order chi connectivity index (χ0) is 16.4. The molecule has 0 unspecified atom stereocenters. The Morgan fingerprint density at radius 2 is 1.70 bits per heavy atom. The molecule has 2 aliphatic rings. The first-order chi connectivity index (χ1) is 11.1. The number of nitriles is 2. The van der Waals surface area contributed by atoms with E-state index in [0.717, 1.165) is 12.8 Å². The molecule has 1 aromatic rings. The number of rotatable bonds is 1. The van der Waals surface area contributed by atoms with E-state index < -0.39 is 17.3 Å². The fourth-order valence-electron chi connectivity index (χ4n) is 4.12. The smallest absolute Gasteiger partial charge is 0.242 e. The van der Waals surface area contributed by atoms with Crippen LogP contribution in [0.4, 0.5) is 0 Å². The lowest BCUT2D eigenvalue weighted by atomic mass is 9.56. The fraction of sp³-hybridized carbons (Fsp3) is 0.444. The van der Waals surface area contributed by atoms with Gasteiger partial charge in [0.05, 0.1) is 17.1 Å². The zero-order valence-corrected chi connectivity index (χ0v) is 13.5. The van der Waals surface area contributed by atoms with E-state index in [2.05, 4.69) is 29.6 Å². The topological polar surface area (TPSA) is 76.7 Å². The van der Waals surface area contributed by atoms with Crippen LogP contribution < -0.4 is 5.32 Å². The van der Waals surface area contributed by atoms with Gasteiger partial charge >= 0.3 is 0 Å². The molecule has 0 bridgehead atoms. The quantitative estimate of drug-likeness (QED) is 0.806. The van der Waals surface area contributed by atoms with Gasteiger partial charge in [0.2, 0.25) is 5.91 Å². The third kappa shape index (κ3) is 2.52. The summed E-state index contributed by atoms with van der Waals surface area (Å²) in [5.74, 6) is -1.28. The van der Waals surface area contributed by atoms with E-state index in [-0.39, 0.29) is 10.9 Å². The number of hydrogen-bond donors (Lipinski definition) is 1. The second kappa shape index (κ2) is 6.10. The van der Waals surface area contributed by atoms with Gasteiger partial charge in [-0.2, -0.15) is 10.5 Å². The molecule has 116 valence electrons. The van der Waals surface area contributed by atoms with Gasteiger partial charge in [-0.1, -0.05) is 42.5 Å². The predicted octanol–water partition coefficient (Wildman–Crippen LogP) is 3.07. The summed E-state index contributed by atoms with van der Waals surface area (Å²) in [6.45, 7) is 0. The number of benzene rings is 1. The van der Waals surface area contributed by atoms with Crippen LogP contribution in [-0.2, 0) is 4.79 Å². The van der Waals surface area contributed by atoms with E-state index in [4.69, 9.17) is 12.2 Å². The van der Waals surface area contributed by atoms with Crippen molar-refractivity contribution in [3.8, 4) is 12.1 Å². The van der Waals surface area contributed by atoms with E-state index in [1.54, 1.807) is 0 Å². The minimum Gasteiger partial charge on any atom is -0.318 e. The Morgan fingerprint density at radius 1 is 1.09 bits per heavy atom. The first kappa shape index (κ1) is 15.6. The number of thiocarbonyl (C=S) groups is 1. The highest BCUT2D eigenvalue weighted by molar-refractivity contribution is 7.80. The first-order valence-corrected chi connectivity index (χ1v) is 8.22. The highest BCUT2D eigenvalue weighted by Crippen LogP contribution is 2.53. The van der Waals surface area contributed by atoms with E-state index in [0.29, 0.717) is 18.8 Å². The van der Waals surface area contributed by atoms with Crippen LogP contribution in [0.25, 0.3) is 0 Å². The fourth-order valence-corrected chi connectivity index (χ4v) is 4.51. The second-order valence-electron chi connectivity index (χ2n) is 6.40. The molecule has 4 nitrogen and oxygen atoms in total. The van der Waals surface area contributed by atoms with E-state index in [1.807, 2.05) is 18.2 Å². The van der Waals surface area contributed by atoms with Crippen molar-refractivity contribution in [2.75, 3.05) is 0 Å². The lowest BCUT2D eigenvalue weighted by molar-refractivity contribution is -0.128. The monoisotopic (exact) mass is 323 g/mol. The van der Waals surface area contributed by atoms with Crippen molar-refractivity contribution in [2.24, 2.45) is 17.3 Å². The summed E-state index contributed by atoms with van der Waals surface area (Å²) in [5, 5.41) is 21.6. The van der Waals surface area contributed by atoms with Gasteiger partial charge in [0, 0.05) is 5.41 Å². The summed E-state index contributed by atoms with van der Waals surface area (Å²) in [5.41, 5.74) is 0.654. The molecule has 1 amide bonds. The van der Waals surface area contributed by atoms with Crippen LogP contribution in [0, 0.1) is 39.9 Å². The van der Waals surface area contributed by atoms with Crippen molar-refractivity contribution < 1.29 is 4.79 Å². The van der Waals surface area contributed by atoms with Crippen LogP contribution in [0.15, 0.2) is 30.3 Å². The van der Waals surface area contributed by atoms with Crippen LogP contribution in [0.1, 0.15) is 37.2 Å². The Kier molecular flexibility index (Phi) is 4.15. The van der Waals surface area contributed by atoms with Crippen molar-refractivity contribution in [2.45, 2.75) is 31.6 Å². The van der Waals surface area contributed by atoms with Gasteiger partial charge in [0.1, 0.15) is 11.8 Å². The molecule has 3 rings (SSSR count). The Bertz CT molecular complexity index is 674. The maximum Gasteiger partial charge on any atom is 0.242 e. The first-order valence-electron chi connectivity index (χ1n) is 7.81. The van der Waals surface area contributed by atoms with Crippen molar-refractivity contribution in [3.05, 3.63) is 35.9 Å². The maximum atomic E-state index is 12.2. The van der Waals surface area contributed by atoms with E-state index >= 15 is 0 Å². The second-order valence-corrected chi connectivity index (χ2v) is 6.84. The van der Waals surface area contributed by atoms with E-state index in [1.165, 1.54) is 5.56 Å².